The minimum absolute atomic E-state index is 0.300. The molecule has 1 aromatic carbocycles. The maximum Gasteiger partial charge on any atom is 0.230 e. The second-order valence-electron chi connectivity index (χ2n) is 4.46. The maximum atomic E-state index is 11.2. The van der Waals surface area contributed by atoms with Crippen LogP contribution in [0.3, 0.4) is 0 Å². The van der Waals surface area contributed by atoms with Gasteiger partial charge in [0.05, 0.1) is 13.4 Å². The lowest BCUT2D eigenvalue weighted by atomic mass is 10.1. The molecule has 21 heavy (non-hydrogen) atoms. The lowest BCUT2D eigenvalue weighted by Gasteiger charge is -2.03. The van der Waals surface area contributed by atoms with E-state index in [4.69, 9.17) is 4.74 Å². The summed E-state index contributed by atoms with van der Waals surface area (Å²) < 4.78 is 29.8. The highest BCUT2D eigenvalue weighted by atomic mass is 32.2. The summed E-state index contributed by atoms with van der Waals surface area (Å²) in [4.78, 5) is 3.96. The zero-order chi connectivity index (χ0) is 15.3. The van der Waals surface area contributed by atoms with Gasteiger partial charge in [-0.1, -0.05) is 24.3 Å². The molecule has 0 fully saturated rings. The summed E-state index contributed by atoms with van der Waals surface area (Å²) in [6, 6.07) is 11.1. The number of nitrogens with zero attached hydrogens (tertiary/aromatic N) is 1. The molecular weight excluding hydrogens is 288 g/mol. The Morgan fingerprint density at radius 3 is 2.38 bits per heavy atom. The number of aromatic nitrogens is 1. The van der Waals surface area contributed by atoms with Crippen molar-refractivity contribution in [3.63, 3.8) is 0 Å². The Morgan fingerprint density at radius 2 is 1.76 bits per heavy atom. The molecule has 2 aromatic rings. The molecule has 110 valence electrons. The standard InChI is InChI=1S/C15H16N2O3S/c1-20-14-7-5-12(6-8-14)3-4-13-9-10-16-15(11-13)17-21(2,18)19/h3-11H,1-2H3,(H,16,17). The highest BCUT2D eigenvalue weighted by Crippen LogP contribution is 2.15. The lowest BCUT2D eigenvalue weighted by molar-refractivity contribution is 0.415. The van der Waals surface area contributed by atoms with Crippen molar-refractivity contribution in [1.82, 2.24) is 4.98 Å². The number of sulfonamides is 1. The first-order valence-corrected chi connectivity index (χ1v) is 8.11. The van der Waals surface area contributed by atoms with Gasteiger partial charge in [0, 0.05) is 6.20 Å². The Bertz CT molecular complexity index is 738. The van der Waals surface area contributed by atoms with E-state index in [9.17, 15) is 8.42 Å². The molecule has 0 aliphatic rings. The van der Waals surface area contributed by atoms with Gasteiger partial charge in [-0.2, -0.15) is 0 Å². The minimum Gasteiger partial charge on any atom is -0.497 e. The van der Waals surface area contributed by atoms with Crippen LogP contribution in [0.1, 0.15) is 11.1 Å². The average Bonchev–Trinajstić information content (AvgIpc) is 2.44. The first kappa shape index (κ1) is 15.1. The SMILES string of the molecule is COc1ccc(C=Cc2ccnc(NS(C)(=O)=O)c2)cc1. The van der Waals surface area contributed by atoms with Crippen molar-refractivity contribution in [2.45, 2.75) is 0 Å². The largest absolute Gasteiger partial charge is 0.497 e. The molecular formula is C15H16N2O3S. The quantitative estimate of drug-likeness (QED) is 0.922. The van der Waals surface area contributed by atoms with Gasteiger partial charge < -0.3 is 4.74 Å². The molecule has 0 aliphatic carbocycles. The molecule has 0 saturated heterocycles. The lowest BCUT2D eigenvalue weighted by Crippen LogP contribution is -2.10. The van der Waals surface area contributed by atoms with Crippen LogP contribution in [-0.4, -0.2) is 26.8 Å². The fraction of sp³-hybridized carbons (Fsp3) is 0.133. The first-order valence-electron chi connectivity index (χ1n) is 6.22. The van der Waals surface area contributed by atoms with Crippen LogP contribution in [-0.2, 0) is 10.0 Å². The number of hydrogen-bond donors (Lipinski definition) is 1. The monoisotopic (exact) mass is 304 g/mol. The summed E-state index contributed by atoms with van der Waals surface area (Å²) in [5.74, 6) is 1.10. The molecule has 0 radical (unpaired) electrons. The molecule has 0 bridgehead atoms. The van der Waals surface area contributed by atoms with Crippen LogP contribution in [0, 0.1) is 0 Å². The van der Waals surface area contributed by atoms with Crippen LogP contribution in [0.15, 0.2) is 42.6 Å². The molecule has 0 unspecified atom stereocenters. The number of methoxy groups -OCH3 is 1. The molecule has 0 spiro atoms. The van der Waals surface area contributed by atoms with Crippen molar-refractivity contribution >= 4 is 28.0 Å². The van der Waals surface area contributed by atoms with E-state index in [0.29, 0.717) is 5.82 Å². The number of hydrogen-bond acceptors (Lipinski definition) is 4. The molecule has 2 rings (SSSR count). The average molecular weight is 304 g/mol. The fourth-order valence-electron chi connectivity index (χ4n) is 1.70. The number of nitrogens with one attached hydrogen (secondary N) is 1. The molecule has 1 N–H and O–H groups in total. The van der Waals surface area contributed by atoms with Crippen molar-refractivity contribution in [2.24, 2.45) is 0 Å². The highest BCUT2D eigenvalue weighted by Gasteiger charge is 2.02. The second kappa shape index (κ2) is 6.41. The third-order valence-electron chi connectivity index (χ3n) is 2.66. The first-order chi connectivity index (χ1) is 9.96. The smallest absolute Gasteiger partial charge is 0.230 e. The predicted octanol–water partition coefficient (Wildman–Crippen LogP) is 2.63. The molecule has 6 heteroatoms. The number of pyridine rings is 1. The summed E-state index contributed by atoms with van der Waals surface area (Å²) >= 11 is 0. The molecule has 1 aromatic heterocycles. The van der Waals surface area contributed by atoms with Gasteiger partial charge in [0.25, 0.3) is 0 Å². The Labute approximate surface area is 124 Å². The van der Waals surface area contributed by atoms with Crippen molar-refractivity contribution in [2.75, 3.05) is 18.1 Å². The molecule has 0 saturated carbocycles. The molecule has 1 heterocycles. The Balaban J connectivity index is 2.14. The number of anilines is 1. The fourth-order valence-corrected chi connectivity index (χ4v) is 2.20. The van der Waals surface area contributed by atoms with Gasteiger partial charge in [-0.3, -0.25) is 4.72 Å². The van der Waals surface area contributed by atoms with Crippen LogP contribution >= 0.6 is 0 Å². The molecule has 5 nitrogen and oxygen atoms in total. The van der Waals surface area contributed by atoms with Crippen molar-refractivity contribution < 1.29 is 13.2 Å². The zero-order valence-corrected chi connectivity index (χ0v) is 12.6. The summed E-state index contributed by atoms with van der Waals surface area (Å²) in [5, 5.41) is 0. The van der Waals surface area contributed by atoms with Crippen LogP contribution in [0.4, 0.5) is 5.82 Å². The Hall–Kier alpha value is -2.34. The zero-order valence-electron chi connectivity index (χ0n) is 11.8. The van der Waals surface area contributed by atoms with Crippen molar-refractivity contribution in [3.05, 3.63) is 53.7 Å². The predicted molar refractivity (Wildman–Crippen MR) is 84.6 cm³/mol. The van der Waals surface area contributed by atoms with Crippen LogP contribution < -0.4 is 9.46 Å². The van der Waals surface area contributed by atoms with E-state index in [-0.39, 0.29) is 0 Å². The van der Waals surface area contributed by atoms with Crippen molar-refractivity contribution in [3.8, 4) is 5.75 Å². The third-order valence-corrected chi connectivity index (χ3v) is 3.24. The van der Waals surface area contributed by atoms with E-state index in [1.54, 1.807) is 25.4 Å². The van der Waals surface area contributed by atoms with Crippen LogP contribution in [0.5, 0.6) is 5.75 Å². The normalized spacial score (nSPS) is 11.5. The molecule has 0 atom stereocenters. The maximum absolute atomic E-state index is 11.2. The van der Waals surface area contributed by atoms with E-state index in [1.807, 2.05) is 36.4 Å². The van der Waals surface area contributed by atoms with Gasteiger partial charge in [-0.05, 0) is 35.4 Å². The Kier molecular flexibility index (Phi) is 4.59. The summed E-state index contributed by atoms with van der Waals surface area (Å²) in [6.07, 6.45) is 6.46. The summed E-state index contributed by atoms with van der Waals surface area (Å²) in [7, 11) is -1.70. The van der Waals surface area contributed by atoms with Crippen LogP contribution in [0.25, 0.3) is 12.2 Å². The van der Waals surface area contributed by atoms with Crippen molar-refractivity contribution in [1.29, 1.82) is 0 Å². The Morgan fingerprint density at radius 1 is 1.10 bits per heavy atom. The number of benzene rings is 1. The van der Waals surface area contributed by atoms with Gasteiger partial charge >= 0.3 is 0 Å². The molecule has 0 amide bonds. The van der Waals surface area contributed by atoms with E-state index in [2.05, 4.69) is 9.71 Å². The van der Waals surface area contributed by atoms with E-state index in [1.165, 1.54) is 0 Å². The number of ether oxygens (including phenoxy) is 1. The van der Waals surface area contributed by atoms with Gasteiger partial charge in [0.15, 0.2) is 0 Å². The van der Waals surface area contributed by atoms with E-state index >= 15 is 0 Å². The number of rotatable bonds is 5. The van der Waals surface area contributed by atoms with E-state index < -0.39 is 10.0 Å². The topological polar surface area (TPSA) is 68.3 Å². The van der Waals surface area contributed by atoms with Gasteiger partial charge in [0.2, 0.25) is 10.0 Å². The highest BCUT2D eigenvalue weighted by molar-refractivity contribution is 7.92. The van der Waals surface area contributed by atoms with E-state index in [0.717, 1.165) is 23.1 Å². The third kappa shape index (κ3) is 4.92. The summed E-state index contributed by atoms with van der Waals surface area (Å²) in [5.41, 5.74) is 1.87. The summed E-state index contributed by atoms with van der Waals surface area (Å²) in [6.45, 7) is 0. The molecule has 0 aliphatic heterocycles. The second-order valence-corrected chi connectivity index (χ2v) is 6.20. The van der Waals surface area contributed by atoms with Gasteiger partial charge in [-0.15, -0.1) is 0 Å². The van der Waals surface area contributed by atoms with Crippen LogP contribution in [0.2, 0.25) is 0 Å². The minimum atomic E-state index is -3.32. The van der Waals surface area contributed by atoms with Gasteiger partial charge in [0.1, 0.15) is 11.6 Å². The van der Waals surface area contributed by atoms with Gasteiger partial charge in [-0.25, -0.2) is 13.4 Å².